The topological polar surface area (TPSA) is 172 Å². The molecule has 2 aliphatic carbocycles. The maximum atomic E-state index is 13.9. The van der Waals surface area contributed by atoms with Gasteiger partial charge >= 0.3 is 18.2 Å². The van der Waals surface area contributed by atoms with E-state index in [4.69, 9.17) is 19.9 Å². The second-order valence-electron chi connectivity index (χ2n) is 21.9. The van der Waals surface area contributed by atoms with Crippen LogP contribution >= 0.6 is 15.9 Å². The zero-order valence-corrected chi connectivity index (χ0v) is 44.8. The molecule has 2 aromatic rings. The van der Waals surface area contributed by atoms with E-state index in [-0.39, 0.29) is 75.6 Å². The molecule has 20 heteroatoms. The summed E-state index contributed by atoms with van der Waals surface area (Å²) in [7, 11) is 0. The number of nitrogens with zero attached hydrogens (tertiary/aromatic N) is 5. The van der Waals surface area contributed by atoms with Crippen molar-refractivity contribution < 1.29 is 60.5 Å². The number of rotatable bonds is 9. The maximum Gasteiger partial charge on any atom is 0.410 e. The smallest absolute Gasteiger partial charge is 0.410 e. The summed E-state index contributed by atoms with van der Waals surface area (Å²) in [5.41, 5.74) is 2.27. The van der Waals surface area contributed by atoms with Gasteiger partial charge < -0.3 is 44.4 Å². The van der Waals surface area contributed by atoms with Crippen LogP contribution in [0, 0.1) is 35.1 Å². The van der Waals surface area contributed by atoms with E-state index in [2.05, 4.69) is 29.8 Å². The predicted molar refractivity (Wildman–Crippen MR) is 264 cm³/mol. The van der Waals surface area contributed by atoms with Crippen LogP contribution in [0.15, 0.2) is 36.4 Å². The number of likely N-dealkylation sites (tertiary alicyclic amines) is 2. The number of hydrogen-bond donors (Lipinski definition) is 1. The Labute approximate surface area is 429 Å². The molecular formula is C52H73BrF4N6O9. The van der Waals surface area contributed by atoms with E-state index < -0.39 is 69.6 Å². The lowest BCUT2D eigenvalue weighted by Crippen LogP contribution is -2.81. The largest absolute Gasteiger partial charge is 0.464 e. The average Bonchev–Trinajstić information content (AvgIpc) is 3.26. The molecule has 2 saturated carbocycles. The Kier molecular flexibility index (Phi) is 19.2. The van der Waals surface area contributed by atoms with E-state index in [1.54, 1.807) is 53.4 Å². The lowest BCUT2D eigenvalue weighted by Gasteiger charge is -2.58. The SMILES string of the molecule is CC1CCC(N)CC1.CC1CCC(N2CC(=O)N(Cc3ccc(F)c(F)c3)C3(CN(C(=O)OC(C)(C)C)C3)C2=O)CC1.CCOC(=O)C1(N(Cc2ccc(F)c(F)c2)C(=O)CBr)CN(C(=O)OC(C)(C)C)C1. The lowest BCUT2D eigenvalue weighted by molar-refractivity contribution is -0.181. The van der Waals surface area contributed by atoms with Crippen molar-refractivity contribution in [3.8, 4) is 0 Å². The average molecular weight is 1080 g/mol. The fourth-order valence-electron chi connectivity index (χ4n) is 9.55. The molecule has 2 aromatic carbocycles. The number of amides is 5. The molecule has 0 unspecified atom stereocenters. The van der Waals surface area contributed by atoms with Crippen molar-refractivity contribution >= 4 is 51.8 Å². The van der Waals surface area contributed by atoms with Crippen molar-refractivity contribution in [3.63, 3.8) is 0 Å². The molecule has 3 aliphatic heterocycles. The number of hydrogen-bond acceptors (Lipinski definition) is 10. The number of halogens is 5. The van der Waals surface area contributed by atoms with Crippen molar-refractivity contribution in [1.82, 2.24) is 24.5 Å². The third-order valence-corrected chi connectivity index (χ3v) is 14.1. The highest BCUT2D eigenvalue weighted by Gasteiger charge is 2.62. The molecule has 0 radical (unpaired) electrons. The summed E-state index contributed by atoms with van der Waals surface area (Å²) < 4.78 is 70.1. The predicted octanol–water partition coefficient (Wildman–Crippen LogP) is 8.47. The number of alkyl halides is 1. The van der Waals surface area contributed by atoms with E-state index in [0.29, 0.717) is 23.1 Å². The van der Waals surface area contributed by atoms with Gasteiger partial charge in [-0.1, -0.05) is 41.9 Å². The Morgan fingerprint density at radius 2 is 1.19 bits per heavy atom. The third-order valence-electron chi connectivity index (χ3n) is 13.6. The normalized spacial score (nSPS) is 22.5. The maximum absolute atomic E-state index is 13.9. The van der Waals surface area contributed by atoms with Crippen molar-refractivity contribution in [2.45, 2.75) is 161 Å². The van der Waals surface area contributed by atoms with Crippen LogP contribution in [-0.4, -0.2) is 139 Å². The Hall–Kier alpha value is -4.98. The van der Waals surface area contributed by atoms with Crippen LogP contribution in [-0.2, 0) is 46.5 Å². The molecule has 0 bridgehead atoms. The van der Waals surface area contributed by atoms with Gasteiger partial charge in [-0.2, -0.15) is 0 Å². The van der Waals surface area contributed by atoms with Crippen molar-refractivity contribution in [2.75, 3.05) is 44.7 Å². The van der Waals surface area contributed by atoms with Crippen LogP contribution in [0.4, 0.5) is 27.2 Å². The summed E-state index contributed by atoms with van der Waals surface area (Å²) in [6.45, 7) is 16.1. The van der Waals surface area contributed by atoms with Gasteiger partial charge in [0.2, 0.25) is 11.8 Å². The van der Waals surface area contributed by atoms with Crippen LogP contribution in [0.3, 0.4) is 0 Å². The van der Waals surface area contributed by atoms with E-state index in [1.807, 2.05) is 0 Å². The molecule has 0 aromatic heterocycles. The van der Waals surface area contributed by atoms with Crippen LogP contribution in [0.1, 0.15) is 125 Å². The molecule has 5 aliphatic rings. The van der Waals surface area contributed by atoms with Gasteiger partial charge in [0.05, 0.1) is 38.1 Å². The molecule has 1 spiro atoms. The van der Waals surface area contributed by atoms with Crippen LogP contribution < -0.4 is 5.73 Å². The van der Waals surface area contributed by atoms with Crippen molar-refractivity contribution in [1.29, 1.82) is 0 Å². The van der Waals surface area contributed by atoms with Crippen molar-refractivity contribution in [3.05, 3.63) is 70.8 Å². The molecule has 0 atom stereocenters. The zero-order chi connectivity index (χ0) is 53.5. The second kappa shape index (κ2) is 23.9. The highest BCUT2D eigenvalue weighted by atomic mass is 79.9. The number of ether oxygens (including phenoxy) is 3. The molecule has 3 heterocycles. The summed E-state index contributed by atoms with van der Waals surface area (Å²) in [6.07, 6.45) is 7.71. The van der Waals surface area contributed by atoms with Gasteiger partial charge in [-0.25, -0.2) is 31.9 Å². The van der Waals surface area contributed by atoms with Gasteiger partial charge in [-0.15, -0.1) is 0 Å². The second-order valence-corrected chi connectivity index (χ2v) is 22.5. The Bertz CT molecular complexity index is 2260. The van der Waals surface area contributed by atoms with Crippen molar-refractivity contribution in [2.24, 2.45) is 17.6 Å². The number of benzene rings is 2. The van der Waals surface area contributed by atoms with Gasteiger partial charge in [-0.3, -0.25) is 14.4 Å². The van der Waals surface area contributed by atoms with E-state index in [9.17, 15) is 46.3 Å². The first-order valence-electron chi connectivity index (χ1n) is 24.9. The minimum Gasteiger partial charge on any atom is -0.464 e. The zero-order valence-electron chi connectivity index (χ0n) is 43.2. The molecule has 7 rings (SSSR count). The van der Waals surface area contributed by atoms with E-state index in [0.717, 1.165) is 55.9 Å². The number of piperazine rings is 1. The number of carbonyl (C=O) groups excluding carboxylic acids is 6. The molecule has 2 N–H and O–H groups in total. The highest BCUT2D eigenvalue weighted by molar-refractivity contribution is 9.09. The number of carbonyl (C=O) groups is 6. The van der Waals surface area contributed by atoms with Gasteiger partial charge in [0.25, 0.3) is 5.91 Å². The Morgan fingerprint density at radius 3 is 1.65 bits per heavy atom. The van der Waals surface area contributed by atoms with E-state index >= 15 is 0 Å². The fourth-order valence-corrected chi connectivity index (χ4v) is 9.86. The van der Waals surface area contributed by atoms with Crippen LogP contribution in [0.2, 0.25) is 0 Å². The number of nitrogens with two attached hydrogens (primary N) is 1. The fraction of sp³-hybridized carbons (Fsp3) is 0.654. The molecule has 15 nitrogen and oxygen atoms in total. The van der Waals surface area contributed by atoms with Gasteiger partial charge in [0, 0.05) is 25.2 Å². The summed E-state index contributed by atoms with van der Waals surface area (Å²) in [5, 5.41) is -0.107. The monoisotopic (exact) mass is 1080 g/mol. The quantitative estimate of drug-likeness (QED) is 0.111. The Balaban J connectivity index is 0.000000233. The Morgan fingerprint density at radius 1 is 0.722 bits per heavy atom. The highest BCUT2D eigenvalue weighted by Crippen LogP contribution is 2.39. The summed E-state index contributed by atoms with van der Waals surface area (Å²) in [6, 6.07) is 7.21. The molecule has 5 fully saturated rings. The standard InChI is InChI=1S/C25H33F2N3O4.C20H25BrF2N2O5.C7H15N/c1-16-5-8-18(9-6-16)29-13-21(31)30(12-17-7-10-19(26)20(27)11-17)25(22(29)32)14-28(15-25)23(33)34-24(2,3)4;1-5-29-17(27)20(11-24(12-20)18(28)30-19(2,3)4)25(16(26)9-21)10-13-6-7-14(22)15(23)8-13;1-6-2-4-7(8)5-3-6/h7,10-11,16,18H,5-6,8-9,12-15H2,1-4H3;6-8H,5,9-12H2,1-4H3;6-7H,2-5,8H2,1H3. The first-order valence-corrected chi connectivity index (χ1v) is 26.0. The molecular weight excluding hydrogens is 1010 g/mol. The van der Waals surface area contributed by atoms with Gasteiger partial charge in [0.15, 0.2) is 34.3 Å². The van der Waals surface area contributed by atoms with Gasteiger partial charge in [-0.05, 0) is 147 Å². The first kappa shape index (κ1) is 57.9. The number of esters is 1. The summed E-state index contributed by atoms with van der Waals surface area (Å²) in [5.74, 6) is -4.11. The van der Waals surface area contributed by atoms with Crippen LogP contribution in [0.25, 0.3) is 0 Å². The van der Waals surface area contributed by atoms with Crippen LogP contribution in [0.5, 0.6) is 0 Å². The lowest BCUT2D eigenvalue weighted by atomic mass is 9.80. The summed E-state index contributed by atoms with van der Waals surface area (Å²) >= 11 is 3.09. The molecule has 5 amide bonds. The molecule has 400 valence electrons. The third kappa shape index (κ3) is 14.4. The molecule has 3 saturated heterocycles. The first-order chi connectivity index (χ1) is 33.6. The molecule has 72 heavy (non-hydrogen) atoms. The summed E-state index contributed by atoms with van der Waals surface area (Å²) in [4.78, 5) is 84.8. The minimum absolute atomic E-state index is 0.00878. The van der Waals surface area contributed by atoms with E-state index in [1.165, 1.54) is 57.4 Å². The minimum atomic E-state index is -1.46. The van der Waals surface area contributed by atoms with Gasteiger partial charge in [0.1, 0.15) is 17.7 Å².